The lowest BCUT2D eigenvalue weighted by atomic mass is 10.1. The van der Waals surface area contributed by atoms with Crippen molar-refractivity contribution < 1.29 is 9.53 Å². The topological polar surface area (TPSA) is 26.3 Å². The van der Waals surface area contributed by atoms with Crippen LogP contribution in [0.15, 0.2) is 29.8 Å². The zero-order valence-electron chi connectivity index (χ0n) is 9.71. The Labute approximate surface area is 101 Å². The van der Waals surface area contributed by atoms with Gasteiger partial charge in [-0.3, -0.25) is 4.79 Å². The molecule has 0 saturated heterocycles. The highest BCUT2D eigenvalue weighted by molar-refractivity contribution is 6.30. The summed E-state index contributed by atoms with van der Waals surface area (Å²) < 4.78 is 5.17. The summed E-state index contributed by atoms with van der Waals surface area (Å²) in [4.78, 5) is 11.6. The number of allylic oxidation sites excluding steroid dienone is 2. The molecule has 1 rings (SSSR count). The Hall–Kier alpha value is -1.28. The number of ketones is 1. The Bertz CT molecular complexity index is 418. The van der Waals surface area contributed by atoms with Crippen LogP contribution in [0.4, 0.5) is 0 Å². The van der Waals surface area contributed by atoms with E-state index in [1.807, 2.05) is 13.8 Å². The Balaban J connectivity index is 2.91. The minimum Gasteiger partial charge on any atom is -0.496 e. The number of hydrogen-bond donors (Lipinski definition) is 0. The molecule has 0 unspecified atom stereocenters. The number of hydrogen-bond acceptors (Lipinski definition) is 2. The summed E-state index contributed by atoms with van der Waals surface area (Å²) in [6, 6.07) is 5.28. The van der Waals surface area contributed by atoms with E-state index < -0.39 is 0 Å². The lowest BCUT2D eigenvalue weighted by Gasteiger charge is -2.07. The maximum atomic E-state index is 11.6. The number of rotatable bonds is 4. The summed E-state index contributed by atoms with van der Waals surface area (Å²) in [6.07, 6.45) is 1.94. The fourth-order valence-electron chi connectivity index (χ4n) is 1.45. The van der Waals surface area contributed by atoms with Crippen molar-refractivity contribution in [2.45, 2.75) is 20.3 Å². The smallest absolute Gasteiger partial charge is 0.160 e. The van der Waals surface area contributed by atoms with Crippen LogP contribution in [-0.4, -0.2) is 12.9 Å². The SMILES string of the molecule is COc1ccc(Cl)cc1CC(=O)C=C(C)C. The molecule has 3 heteroatoms. The van der Waals surface area contributed by atoms with Crippen LogP contribution in [0.1, 0.15) is 19.4 Å². The van der Waals surface area contributed by atoms with Gasteiger partial charge in [0.25, 0.3) is 0 Å². The molecular weight excluding hydrogens is 224 g/mol. The first kappa shape index (κ1) is 12.8. The molecule has 16 heavy (non-hydrogen) atoms. The van der Waals surface area contributed by atoms with Gasteiger partial charge in [0, 0.05) is 17.0 Å². The van der Waals surface area contributed by atoms with Gasteiger partial charge in [0.1, 0.15) is 5.75 Å². The zero-order chi connectivity index (χ0) is 12.1. The summed E-state index contributed by atoms with van der Waals surface area (Å²) in [5.41, 5.74) is 1.81. The van der Waals surface area contributed by atoms with Gasteiger partial charge < -0.3 is 4.74 Å². The zero-order valence-corrected chi connectivity index (χ0v) is 10.5. The van der Waals surface area contributed by atoms with Crippen LogP contribution in [0.25, 0.3) is 0 Å². The summed E-state index contributed by atoms with van der Waals surface area (Å²) >= 11 is 5.88. The van der Waals surface area contributed by atoms with Gasteiger partial charge in [-0.25, -0.2) is 0 Å². The molecule has 86 valence electrons. The quantitative estimate of drug-likeness (QED) is 0.752. The first-order chi connectivity index (χ1) is 7.52. The largest absolute Gasteiger partial charge is 0.496 e. The van der Waals surface area contributed by atoms with E-state index in [4.69, 9.17) is 16.3 Å². The molecule has 0 amide bonds. The first-order valence-corrected chi connectivity index (χ1v) is 5.41. The minimum absolute atomic E-state index is 0.0561. The Morgan fingerprint density at radius 1 is 1.44 bits per heavy atom. The van der Waals surface area contributed by atoms with Gasteiger partial charge in [-0.05, 0) is 38.1 Å². The molecule has 0 radical (unpaired) electrons. The van der Waals surface area contributed by atoms with E-state index in [2.05, 4.69) is 0 Å². The lowest BCUT2D eigenvalue weighted by Crippen LogP contribution is -2.01. The average molecular weight is 239 g/mol. The lowest BCUT2D eigenvalue weighted by molar-refractivity contribution is -0.114. The van der Waals surface area contributed by atoms with Gasteiger partial charge in [-0.15, -0.1) is 0 Å². The number of benzene rings is 1. The molecule has 0 aliphatic rings. The van der Waals surface area contributed by atoms with Crippen molar-refractivity contribution in [3.8, 4) is 5.75 Å². The molecule has 0 aromatic heterocycles. The molecular formula is C13H15ClO2. The maximum absolute atomic E-state index is 11.6. The second kappa shape index (κ2) is 5.71. The third-order valence-electron chi connectivity index (χ3n) is 2.06. The van der Waals surface area contributed by atoms with E-state index in [0.29, 0.717) is 17.2 Å². The van der Waals surface area contributed by atoms with Crippen LogP contribution in [0.2, 0.25) is 5.02 Å². The second-order valence-electron chi connectivity index (χ2n) is 3.82. The normalized spacial score (nSPS) is 9.75. The minimum atomic E-state index is 0.0561. The number of halogens is 1. The van der Waals surface area contributed by atoms with E-state index in [0.717, 1.165) is 11.1 Å². The van der Waals surface area contributed by atoms with Crippen molar-refractivity contribution in [2.24, 2.45) is 0 Å². The summed E-state index contributed by atoms with van der Waals surface area (Å²) in [5, 5.41) is 0.612. The number of carbonyl (C=O) groups excluding carboxylic acids is 1. The van der Waals surface area contributed by atoms with Crippen LogP contribution in [0.5, 0.6) is 5.75 Å². The van der Waals surface area contributed by atoms with Crippen molar-refractivity contribution >= 4 is 17.4 Å². The molecule has 0 aliphatic heterocycles. The van der Waals surface area contributed by atoms with Gasteiger partial charge in [-0.2, -0.15) is 0 Å². The molecule has 0 aliphatic carbocycles. The van der Waals surface area contributed by atoms with Crippen molar-refractivity contribution in [3.05, 3.63) is 40.4 Å². The van der Waals surface area contributed by atoms with Gasteiger partial charge in [-0.1, -0.05) is 17.2 Å². The first-order valence-electron chi connectivity index (χ1n) is 5.03. The Morgan fingerprint density at radius 3 is 2.69 bits per heavy atom. The maximum Gasteiger partial charge on any atom is 0.160 e. The molecule has 0 bridgehead atoms. The van der Waals surface area contributed by atoms with Crippen molar-refractivity contribution in [1.29, 1.82) is 0 Å². The molecule has 0 heterocycles. The van der Waals surface area contributed by atoms with Crippen molar-refractivity contribution in [2.75, 3.05) is 7.11 Å². The highest BCUT2D eigenvalue weighted by Gasteiger charge is 2.07. The predicted molar refractivity (Wildman–Crippen MR) is 66.1 cm³/mol. The highest BCUT2D eigenvalue weighted by Crippen LogP contribution is 2.23. The molecule has 0 saturated carbocycles. The van der Waals surface area contributed by atoms with Crippen LogP contribution in [0.3, 0.4) is 0 Å². The number of methoxy groups -OCH3 is 1. The second-order valence-corrected chi connectivity index (χ2v) is 4.26. The standard InChI is InChI=1S/C13H15ClO2/c1-9(2)6-12(15)8-10-7-11(14)4-5-13(10)16-3/h4-7H,8H2,1-3H3. The fraction of sp³-hybridized carbons (Fsp3) is 0.308. The van der Waals surface area contributed by atoms with Crippen LogP contribution >= 0.6 is 11.6 Å². The van der Waals surface area contributed by atoms with Crippen LogP contribution in [0, 0.1) is 0 Å². The van der Waals surface area contributed by atoms with Crippen molar-refractivity contribution in [3.63, 3.8) is 0 Å². The van der Waals surface area contributed by atoms with E-state index >= 15 is 0 Å². The van der Waals surface area contributed by atoms with Crippen molar-refractivity contribution in [1.82, 2.24) is 0 Å². The van der Waals surface area contributed by atoms with Gasteiger partial charge >= 0.3 is 0 Å². The molecule has 0 fully saturated rings. The Morgan fingerprint density at radius 2 is 2.12 bits per heavy atom. The fourth-order valence-corrected chi connectivity index (χ4v) is 1.64. The molecule has 0 atom stereocenters. The molecule has 0 spiro atoms. The molecule has 1 aromatic rings. The summed E-state index contributed by atoms with van der Waals surface area (Å²) in [5.74, 6) is 0.750. The van der Waals surface area contributed by atoms with E-state index in [1.165, 1.54) is 0 Å². The molecule has 1 aromatic carbocycles. The van der Waals surface area contributed by atoms with E-state index in [1.54, 1.807) is 31.4 Å². The summed E-state index contributed by atoms with van der Waals surface area (Å²) in [6.45, 7) is 3.79. The van der Waals surface area contributed by atoms with Gasteiger partial charge in [0.15, 0.2) is 5.78 Å². The van der Waals surface area contributed by atoms with E-state index in [9.17, 15) is 4.79 Å². The monoisotopic (exact) mass is 238 g/mol. The third kappa shape index (κ3) is 3.70. The average Bonchev–Trinajstić information content (AvgIpc) is 2.16. The highest BCUT2D eigenvalue weighted by atomic mass is 35.5. The molecule has 2 nitrogen and oxygen atoms in total. The van der Waals surface area contributed by atoms with Crippen LogP contribution < -0.4 is 4.74 Å². The third-order valence-corrected chi connectivity index (χ3v) is 2.29. The van der Waals surface area contributed by atoms with Gasteiger partial charge in [0.05, 0.1) is 7.11 Å². The predicted octanol–water partition coefficient (Wildman–Crippen LogP) is 3.43. The summed E-state index contributed by atoms with van der Waals surface area (Å²) in [7, 11) is 1.58. The number of carbonyl (C=O) groups is 1. The molecule has 0 N–H and O–H groups in total. The Kier molecular flexibility index (Phi) is 4.56. The van der Waals surface area contributed by atoms with Crippen LogP contribution in [-0.2, 0) is 11.2 Å². The van der Waals surface area contributed by atoms with E-state index in [-0.39, 0.29) is 5.78 Å². The van der Waals surface area contributed by atoms with Gasteiger partial charge in [0.2, 0.25) is 0 Å². The number of ether oxygens (including phenoxy) is 1.